The SMILES string of the molecule is CS(=O)(=O)NCC1CN(C(=O)/C=C/c2cccs2)Cc2cncn21. The molecule has 1 unspecified atom stereocenters. The summed E-state index contributed by atoms with van der Waals surface area (Å²) in [6.45, 7) is 1.11. The van der Waals surface area contributed by atoms with Gasteiger partial charge >= 0.3 is 0 Å². The number of carbonyl (C=O) groups excluding carboxylic acids is 1. The van der Waals surface area contributed by atoms with Crippen LogP contribution >= 0.6 is 11.3 Å². The first-order chi connectivity index (χ1) is 11.4. The first kappa shape index (κ1) is 16.9. The molecule has 1 aliphatic heterocycles. The number of amides is 1. The van der Waals surface area contributed by atoms with E-state index in [2.05, 4.69) is 9.71 Å². The highest BCUT2D eigenvalue weighted by molar-refractivity contribution is 7.88. The Labute approximate surface area is 144 Å². The minimum absolute atomic E-state index is 0.0970. The van der Waals surface area contributed by atoms with Gasteiger partial charge < -0.3 is 9.47 Å². The van der Waals surface area contributed by atoms with Crippen molar-refractivity contribution in [2.24, 2.45) is 0 Å². The van der Waals surface area contributed by atoms with Crippen LogP contribution in [0.4, 0.5) is 0 Å². The first-order valence-electron chi connectivity index (χ1n) is 7.38. The number of imidazole rings is 1. The van der Waals surface area contributed by atoms with Crippen LogP contribution in [0.25, 0.3) is 6.08 Å². The van der Waals surface area contributed by atoms with Gasteiger partial charge in [0.15, 0.2) is 0 Å². The third-order valence-corrected chi connectivity index (χ3v) is 5.28. The maximum atomic E-state index is 12.4. The third kappa shape index (κ3) is 4.11. The molecule has 0 aliphatic carbocycles. The Kier molecular flexibility index (Phi) is 4.83. The van der Waals surface area contributed by atoms with Crippen molar-refractivity contribution in [3.8, 4) is 0 Å². The zero-order valence-corrected chi connectivity index (χ0v) is 14.8. The van der Waals surface area contributed by atoms with E-state index >= 15 is 0 Å². The summed E-state index contributed by atoms with van der Waals surface area (Å²) in [6, 6.07) is 3.70. The van der Waals surface area contributed by atoms with E-state index in [1.54, 1.807) is 40.9 Å². The molecule has 1 aliphatic rings. The number of rotatable bonds is 5. The molecule has 7 nitrogen and oxygen atoms in total. The molecule has 9 heteroatoms. The van der Waals surface area contributed by atoms with Gasteiger partial charge in [-0.15, -0.1) is 11.3 Å². The lowest BCUT2D eigenvalue weighted by atomic mass is 10.2. The van der Waals surface area contributed by atoms with Crippen molar-refractivity contribution in [2.75, 3.05) is 19.3 Å². The molecule has 0 fully saturated rings. The van der Waals surface area contributed by atoms with Crippen LogP contribution in [-0.4, -0.2) is 48.1 Å². The number of fused-ring (bicyclic) bond motifs is 1. The second kappa shape index (κ2) is 6.88. The maximum Gasteiger partial charge on any atom is 0.247 e. The summed E-state index contributed by atoms with van der Waals surface area (Å²) in [7, 11) is -3.29. The fraction of sp³-hybridized carbons (Fsp3) is 0.333. The lowest BCUT2D eigenvalue weighted by Crippen LogP contribution is -2.44. The van der Waals surface area contributed by atoms with E-state index in [1.807, 2.05) is 22.1 Å². The van der Waals surface area contributed by atoms with Crippen LogP contribution in [0.5, 0.6) is 0 Å². The maximum absolute atomic E-state index is 12.4. The Morgan fingerprint density at radius 3 is 3.08 bits per heavy atom. The standard InChI is InChI=1S/C15H18N4O3S2/c1-24(21,22)17-8-13-10-18(9-12-7-16-11-19(12)13)15(20)5-4-14-3-2-6-23-14/h2-7,11,13,17H,8-10H2,1H3/b5-4+. The molecule has 0 spiro atoms. The number of thiophene rings is 1. The van der Waals surface area contributed by atoms with E-state index in [-0.39, 0.29) is 18.5 Å². The molecule has 0 aromatic carbocycles. The molecule has 1 amide bonds. The van der Waals surface area contributed by atoms with Gasteiger partial charge in [-0.25, -0.2) is 18.1 Å². The lowest BCUT2D eigenvalue weighted by Gasteiger charge is -2.34. The van der Waals surface area contributed by atoms with Crippen LogP contribution in [0.3, 0.4) is 0 Å². The molecule has 0 saturated carbocycles. The third-order valence-electron chi connectivity index (χ3n) is 3.75. The fourth-order valence-corrected chi connectivity index (χ4v) is 3.72. The van der Waals surface area contributed by atoms with Crippen LogP contribution in [0, 0.1) is 0 Å². The quantitative estimate of drug-likeness (QED) is 0.803. The summed E-state index contributed by atoms with van der Waals surface area (Å²) in [6.07, 6.45) is 7.85. The average Bonchev–Trinajstić information content (AvgIpc) is 3.20. The first-order valence-corrected chi connectivity index (χ1v) is 10.2. The van der Waals surface area contributed by atoms with E-state index in [0.717, 1.165) is 16.8 Å². The van der Waals surface area contributed by atoms with Gasteiger partial charge in [-0.1, -0.05) is 6.07 Å². The summed E-state index contributed by atoms with van der Waals surface area (Å²) in [5, 5.41) is 1.95. The monoisotopic (exact) mass is 366 g/mol. The van der Waals surface area contributed by atoms with Crippen molar-refractivity contribution in [2.45, 2.75) is 12.6 Å². The molecular formula is C15H18N4O3S2. The zero-order chi connectivity index (χ0) is 17.2. The van der Waals surface area contributed by atoms with Gasteiger partial charge in [-0.2, -0.15) is 0 Å². The van der Waals surface area contributed by atoms with E-state index < -0.39 is 10.0 Å². The molecule has 0 bridgehead atoms. The van der Waals surface area contributed by atoms with Crippen LogP contribution in [0.15, 0.2) is 36.1 Å². The van der Waals surface area contributed by atoms with E-state index in [0.29, 0.717) is 13.1 Å². The molecule has 128 valence electrons. The van der Waals surface area contributed by atoms with Crippen molar-refractivity contribution in [3.63, 3.8) is 0 Å². The molecular weight excluding hydrogens is 348 g/mol. The normalized spacial score (nSPS) is 18.0. The summed E-state index contributed by atoms with van der Waals surface area (Å²) in [4.78, 5) is 19.3. The Hall–Kier alpha value is -1.97. The second-order valence-corrected chi connectivity index (χ2v) is 8.45. The molecule has 3 heterocycles. The van der Waals surface area contributed by atoms with Crippen LogP contribution in [0.1, 0.15) is 16.6 Å². The smallest absolute Gasteiger partial charge is 0.247 e. The molecule has 2 aromatic heterocycles. The number of hydrogen-bond acceptors (Lipinski definition) is 5. The van der Waals surface area contributed by atoms with Crippen molar-refractivity contribution in [1.82, 2.24) is 19.2 Å². The summed E-state index contributed by atoms with van der Waals surface area (Å²) in [5.41, 5.74) is 0.888. The number of nitrogens with one attached hydrogen (secondary N) is 1. The molecule has 0 radical (unpaired) electrons. The van der Waals surface area contributed by atoms with Gasteiger partial charge in [0, 0.05) is 30.2 Å². The van der Waals surface area contributed by atoms with E-state index in [4.69, 9.17) is 0 Å². The van der Waals surface area contributed by atoms with Gasteiger partial charge in [0.25, 0.3) is 0 Å². The van der Waals surface area contributed by atoms with Crippen LogP contribution < -0.4 is 4.72 Å². The molecule has 3 rings (SSSR count). The minimum Gasteiger partial charge on any atom is -0.331 e. The van der Waals surface area contributed by atoms with Crippen molar-refractivity contribution in [1.29, 1.82) is 0 Å². The predicted molar refractivity (Wildman–Crippen MR) is 92.9 cm³/mol. The molecule has 2 aromatic rings. The summed E-state index contributed by atoms with van der Waals surface area (Å²) >= 11 is 1.56. The number of carbonyl (C=O) groups is 1. The van der Waals surface area contributed by atoms with Crippen molar-refractivity contribution >= 4 is 33.3 Å². The van der Waals surface area contributed by atoms with Crippen LogP contribution in [0.2, 0.25) is 0 Å². The van der Waals surface area contributed by atoms with Gasteiger partial charge in [0.1, 0.15) is 0 Å². The second-order valence-electron chi connectivity index (χ2n) is 5.63. The van der Waals surface area contributed by atoms with Gasteiger partial charge in [-0.05, 0) is 17.5 Å². The minimum atomic E-state index is -3.29. The molecule has 24 heavy (non-hydrogen) atoms. The highest BCUT2D eigenvalue weighted by Gasteiger charge is 2.27. The average molecular weight is 366 g/mol. The van der Waals surface area contributed by atoms with E-state index in [1.165, 1.54) is 0 Å². The van der Waals surface area contributed by atoms with Gasteiger partial charge in [0.2, 0.25) is 15.9 Å². The molecule has 0 saturated heterocycles. The van der Waals surface area contributed by atoms with Gasteiger partial charge in [-0.3, -0.25) is 4.79 Å². The highest BCUT2D eigenvalue weighted by atomic mass is 32.2. The Morgan fingerprint density at radius 2 is 2.38 bits per heavy atom. The number of sulfonamides is 1. The van der Waals surface area contributed by atoms with Crippen LogP contribution in [-0.2, 0) is 21.4 Å². The molecule has 1 N–H and O–H groups in total. The van der Waals surface area contributed by atoms with Crippen molar-refractivity contribution in [3.05, 3.63) is 46.7 Å². The number of hydrogen-bond donors (Lipinski definition) is 1. The van der Waals surface area contributed by atoms with Crippen molar-refractivity contribution < 1.29 is 13.2 Å². The summed E-state index contributed by atoms with van der Waals surface area (Å²) < 4.78 is 27.1. The lowest BCUT2D eigenvalue weighted by molar-refractivity contribution is -0.127. The van der Waals surface area contributed by atoms with E-state index in [9.17, 15) is 13.2 Å². The summed E-state index contributed by atoms with van der Waals surface area (Å²) in [5.74, 6) is -0.0970. The molecule has 1 atom stereocenters. The largest absolute Gasteiger partial charge is 0.331 e. The Balaban J connectivity index is 1.73. The fourth-order valence-electron chi connectivity index (χ4n) is 2.61. The number of nitrogens with zero attached hydrogens (tertiary/aromatic N) is 3. The Morgan fingerprint density at radius 1 is 1.54 bits per heavy atom. The van der Waals surface area contributed by atoms with Gasteiger partial charge in [0.05, 0.1) is 30.9 Å². The predicted octanol–water partition coefficient (Wildman–Crippen LogP) is 1.09. The topological polar surface area (TPSA) is 84.3 Å². The number of aromatic nitrogens is 2. The Bertz CT molecular complexity index is 840. The highest BCUT2D eigenvalue weighted by Crippen LogP contribution is 2.21. The zero-order valence-electron chi connectivity index (χ0n) is 13.1.